The molecule has 0 saturated heterocycles. The average Bonchev–Trinajstić information content (AvgIpc) is 1.81. The van der Waals surface area contributed by atoms with Gasteiger partial charge in [0, 0.05) is 12.1 Å². The van der Waals surface area contributed by atoms with Crippen LogP contribution in [0.15, 0.2) is 17.0 Å². The lowest BCUT2D eigenvalue weighted by molar-refractivity contribution is 0.370. The fourth-order valence-corrected chi connectivity index (χ4v) is 1.17. The van der Waals surface area contributed by atoms with Gasteiger partial charge in [-0.25, -0.2) is 0 Å². The number of hydrazine groups is 1. The Morgan fingerprint density at radius 3 is 2.83 bits per heavy atom. The smallest absolute Gasteiger partial charge is 0.156 e. The zero-order valence-corrected chi connectivity index (χ0v) is 8.32. The van der Waals surface area contributed by atoms with E-state index in [1.807, 2.05) is 13.8 Å². The molecule has 1 aliphatic rings. The molecule has 1 aliphatic heterocycles. The minimum Gasteiger partial charge on any atom is -0.368 e. The number of allylic oxidation sites excluding steroid dienone is 1. The van der Waals surface area contributed by atoms with Crippen molar-refractivity contribution in [2.24, 2.45) is 5.10 Å². The van der Waals surface area contributed by atoms with Crippen LogP contribution in [0.5, 0.6) is 0 Å². The first-order valence-electron chi connectivity index (χ1n) is 3.53. The number of halogens is 2. The summed E-state index contributed by atoms with van der Waals surface area (Å²) in [4.78, 5) is 0. The Hall–Kier alpha value is -0.610. The van der Waals surface area contributed by atoms with E-state index in [4.69, 9.17) is 23.4 Å². The molecular weight excluding hydrogens is 199 g/mol. The molecule has 0 bridgehead atoms. The van der Waals surface area contributed by atoms with Crippen molar-refractivity contribution in [2.75, 3.05) is 0 Å². The van der Waals surface area contributed by atoms with Crippen molar-refractivity contribution in [3.05, 3.63) is 11.9 Å². The Morgan fingerprint density at radius 2 is 2.33 bits per heavy atom. The standard InChI is InChI=1S/C6H10Cl2N4/c1-4(2)9-6-3-5(7)10-12(8)11-6/h3-4,9,11H,1-2H3. The Labute approximate surface area is 81.3 Å². The van der Waals surface area contributed by atoms with Gasteiger partial charge in [0.2, 0.25) is 0 Å². The SMILES string of the molecule is CC(C)NC1=CC(Cl)=NN(Cl)N1. The fraction of sp³-hybridized carbons (Fsp3) is 0.500. The quantitative estimate of drug-likeness (QED) is 0.674. The second-order valence-corrected chi connectivity index (χ2v) is 3.36. The third kappa shape index (κ3) is 2.79. The van der Waals surface area contributed by atoms with Gasteiger partial charge >= 0.3 is 0 Å². The Kier molecular flexibility index (Phi) is 3.05. The molecule has 2 N–H and O–H groups in total. The van der Waals surface area contributed by atoms with E-state index in [0.29, 0.717) is 11.2 Å². The maximum absolute atomic E-state index is 5.66. The molecule has 0 aliphatic carbocycles. The summed E-state index contributed by atoms with van der Waals surface area (Å²) in [6, 6.07) is 0.316. The van der Waals surface area contributed by atoms with Crippen molar-refractivity contribution in [3.8, 4) is 0 Å². The molecule has 0 unspecified atom stereocenters. The summed E-state index contributed by atoms with van der Waals surface area (Å²) in [7, 11) is 0. The van der Waals surface area contributed by atoms with E-state index in [9.17, 15) is 0 Å². The molecule has 0 aromatic heterocycles. The van der Waals surface area contributed by atoms with Crippen LogP contribution in [-0.2, 0) is 0 Å². The van der Waals surface area contributed by atoms with Gasteiger partial charge in [-0.05, 0) is 13.8 Å². The molecule has 12 heavy (non-hydrogen) atoms. The summed E-state index contributed by atoms with van der Waals surface area (Å²) in [5, 5.41) is 7.13. The van der Waals surface area contributed by atoms with Gasteiger partial charge in [-0.15, -0.1) is 9.74 Å². The van der Waals surface area contributed by atoms with Crippen molar-refractivity contribution in [1.82, 2.24) is 15.4 Å². The molecule has 68 valence electrons. The Morgan fingerprint density at radius 1 is 1.67 bits per heavy atom. The predicted molar refractivity (Wildman–Crippen MR) is 50.5 cm³/mol. The van der Waals surface area contributed by atoms with Crippen LogP contribution < -0.4 is 10.7 Å². The highest BCUT2D eigenvalue weighted by Crippen LogP contribution is 2.05. The van der Waals surface area contributed by atoms with Crippen LogP contribution in [0.4, 0.5) is 0 Å². The van der Waals surface area contributed by atoms with E-state index < -0.39 is 0 Å². The summed E-state index contributed by atoms with van der Waals surface area (Å²) in [6.45, 7) is 4.03. The third-order valence-corrected chi connectivity index (χ3v) is 1.45. The minimum atomic E-state index is 0.316. The van der Waals surface area contributed by atoms with Crippen molar-refractivity contribution in [1.29, 1.82) is 0 Å². The molecule has 0 fully saturated rings. The lowest BCUT2D eigenvalue weighted by atomic mass is 10.4. The molecule has 0 amide bonds. The number of hydrazone groups is 1. The van der Waals surface area contributed by atoms with Crippen LogP contribution in [0.3, 0.4) is 0 Å². The number of hydrogen-bond donors (Lipinski definition) is 2. The number of nitrogens with zero attached hydrogens (tertiary/aromatic N) is 2. The molecule has 0 spiro atoms. The largest absolute Gasteiger partial charge is 0.368 e. The molecule has 0 aromatic rings. The summed E-state index contributed by atoms with van der Waals surface area (Å²) >= 11 is 11.2. The van der Waals surface area contributed by atoms with Crippen LogP contribution >= 0.6 is 23.4 Å². The van der Waals surface area contributed by atoms with Crippen LogP contribution in [0.1, 0.15) is 13.8 Å². The van der Waals surface area contributed by atoms with E-state index in [2.05, 4.69) is 15.8 Å². The molecule has 4 nitrogen and oxygen atoms in total. The van der Waals surface area contributed by atoms with Crippen LogP contribution in [0.25, 0.3) is 0 Å². The van der Waals surface area contributed by atoms with E-state index in [-0.39, 0.29) is 0 Å². The molecule has 1 rings (SSSR count). The second kappa shape index (κ2) is 3.87. The zero-order valence-electron chi connectivity index (χ0n) is 6.81. The first-order chi connectivity index (χ1) is 5.58. The Bertz CT molecular complexity index is 224. The lowest BCUT2D eigenvalue weighted by Crippen LogP contribution is -2.38. The predicted octanol–water partition coefficient (Wildman–Crippen LogP) is 1.35. The molecule has 0 saturated carbocycles. The van der Waals surface area contributed by atoms with Crippen molar-refractivity contribution < 1.29 is 0 Å². The topological polar surface area (TPSA) is 39.7 Å². The highest BCUT2D eigenvalue weighted by Gasteiger charge is 2.09. The van der Waals surface area contributed by atoms with Gasteiger partial charge in [0.25, 0.3) is 0 Å². The van der Waals surface area contributed by atoms with Crippen molar-refractivity contribution >= 4 is 28.5 Å². The van der Waals surface area contributed by atoms with Gasteiger partial charge in [0.1, 0.15) is 5.82 Å². The van der Waals surface area contributed by atoms with Gasteiger partial charge < -0.3 is 5.32 Å². The summed E-state index contributed by atoms with van der Waals surface area (Å²) in [5.41, 5.74) is 2.75. The van der Waals surface area contributed by atoms with E-state index in [1.54, 1.807) is 6.08 Å². The normalized spacial score (nSPS) is 16.9. The Balaban J connectivity index is 2.60. The number of rotatable bonds is 2. The van der Waals surface area contributed by atoms with Crippen molar-refractivity contribution in [2.45, 2.75) is 19.9 Å². The second-order valence-electron chi connectivity index (χ2n) is 2.65. The molecule has 0 radical (unpaired) electrons. The van der Waals surface area contributed by atoms with Gasteiger partial charge in [-0.2, -0.15) is 0 Å². The molecule has 0 aromatic carbocycles. The van der Waals surface area contributed by atoms with E-state index in [0.717, 1.165) is 10.5 Å². The van der Waals surface area contributed by atoms with Gasteiger partial charge in [-0.3, -0.25) is 5.43 Å². The highest BCUT2D eigenvalue weighted by atomic mass is 35.5. The minimum absolute atomic E-state index is 0.316. The molecule has 6 heteroatoms. The van der Waals surface area contributed by atoms with Crippen molar-refractivity contribution in [3.63, 3.8) is 0 Å². The lowest BCUT2D eigenvalue weighted by Gasteiger charge is -2.21. The number of nitrogens with one attached hydrogen (secondary N) is 2. The maximum Gasteiger partial charge on any atom is 0.156 e. The first kappa shape index (κ1) is 9.48. The average molecular weight is 209 g/mol. The number of hydrogen-bond acceptors (Lipinski definition) is 4. The molecular formula is C6H10Cl2N4. The summed E-state index contributed by atoms with van der Waals surface area (Å²) in [5.74, 6) is 0.736. The third-order valence-electron chi connectivity index (χ3n) is 1.10. The van der Waals surface area contributed by atoms with Gasteiger partial charge in [0.15, 0.2) is 5.17 Å². The van der Waals surface area contributed by atoms with E-state index in [1.165, 1.54) is 0 Å². The van der Waals surface area contributed by atoms with Gasteiger partial charge in [-0.1, -0.05) is 11.6 Å². The zero-order chi connectivity index (χ0) is 9.14. The van der Waals surface area contributed by atoms with E-state index >= 15 is 0 Å². The molecule has 0 atom stereocenters. The van der Waals surface area contributed by atoms with Gasteiger partial charge in [0.05, 0.1) is 11.8 Å². The summed E-state index contributed by atoms with van der Waals surface area (Å²) in [6.07, 6.45) is 1.67. The maximum atomic E-state index is 5.66. The molecule has 1 heterocycles. The fourth-order valence-electron chi connectivity index (χ4n) is 0.773. The summed E-state index contributed by atoms with van der Waals surface area (Å²) < 4.78 is 1.03. The van der Waals surface area contributed by atoms with Crippen LogP contribution in [0.2, 0.25) is 0 Å². The highest BCUT2D eigenvalue weighted by molar-refractivity contribution is 6.68. The monoisotopic (exact) mass is 208 g/mol. The first-order valence-corrected chi connectivity index (χ1v) is 4.24. The van der Waals surface area contributed by atoms with Crippen LogP contribution in [0, 0.1) is 0 Å². The van der Waals surface area contributed by atoms with Crippen LogP contribution in [-0.4, -0.2) is 15.8 Å².